The normalized spacial score (nSPS) is 11.9. The third kappa shape index (κ3) is 4.17. The number of allylic oxidation sites excluding steroid dienone is 1. The van der Waals surface area contributed by atoms with Crippen LogP contribution in [0.25, 0.3) is 5.57 Å². The summed E-state index contributed by atoms with van der Waals surface area (Å²) in [4.78, 5) is 12.8. The Bertz CT molecular complexity index is 841. The molecule has 0 N–H and O–H groups in total. The van der Waals surface area contributed by atoms with Gasteiger partial charge in [-0.2, -0.15) is 5.10 Å². The lowest BCUT2D eigenvalue weighted by atomic mass is 9.85. The zero-order chi connectivity index (χ0) is 18.5. The average molecular weight is 344 g/mol. The summed E-state index contributed by atoms with van der Waals surface area (Å²) in [6.45, 7) is 6.27. The molecule has 0 fully saturated rings. The zero-order valence-corrected chi connectivity index (χ0v) is 15.4. The highest BCUT2D eigenvalue weighted by atomic mass is 16.1. The van der Waals surface area contributed by atoms with E-state index in [1.54, 1.807) is 0 Å². The van der Waals surface area contributed by atoms with Gasteiger partial charge in [-0.1, -0.05) is 67.2 Å². The van der Waals surface area contributed by atoms with Gasteiger partial charge in [-0.3, -0.25) is 9.48 Å². The molecule has 0 spiro atoms. The van der Waals surface area contributed by atoms with Crippen molar-refractivity contribution in [1.82, 2.24) is 9.78 Å². The molecule has 1 unspecified atom stereocenters. The van der Waals surface area contributed by atoms with Crippen LogP contribution in [0, 0.1) is 6.92 Å². The molecule has 0 saturated heterocycles. The lowest BCUT2D eigenvalue weighted by Crippen LogP contribution is -2.09. The second-order valence-electron chi connectivity index (χ2n) is 6.71. The number of aromatic nitrogens is 2. The van der Waals surface area contributed by atoms with Crippen LogP contribution in [-0.2, 0) is 7.05 Å². The molecule has 0 amide bonds. The Morgan fingerprint density at radius 3 is 2.12 bits per heavy atom. The van der Waals surface area contributed by atoms with E-state index in [4.69, 9.17) is 0 Å². The Labute approximate surface area is 155 Å². The van der Waals surface area contributed by atoms with Crippen LogP contribution in [0.4, 0.5) is 0 Å². The fourth-order valence-corrected chi connectivity index (χ4v) is 3.37. The van der Waals surface area contributed by atoms with E-state index < -0.39 is 0 Å². The molecular weight excluding hydrogens is 320 g/mol. The van der Waals surface area contributed by atoms with E-state index in [1.807, 2.05) is 73.4 Å². The number of ketones is 1. The van der Waals surface area contributed by atoms with Crippen LogP contribution in [0.3, 0.4) is 0 Å². The Balaban J connectivity index is 1.86. The molecule has 0 aliphatic heterocycles. The van der Waals surface area contributed by atoms with Gasteiger partial charge in [0.2, 0.25) is 0 Å². The summed E-state index contributed by atoms with van der Waals surface area (Å²) in [5, 5.41) is 4.47. The molecule has 1 heterocycles. The van der Waals surface area contributed by atoms with Crippen LogP contribution in [-0.4, -0.2) is 15.6 Å². The predicted molar refractivity (Wildman–Crippen MR) is 106 cm³/mol. The highest BCUT2D eigenvalue weighted by molar-refractivity contribution is 5.96. The molecule has 3 nitrogen and oxygen atoms in total. The maximum absolute atomic E-state index is 12.8. The minimum Gasteiger partial charge on any atom is -0.294 e. The Morgan fingerprint density at radius 2 is 1.58 bits per heavy atom. The third-order valence-corrected chi connectivity index (χ3v) is 4.69. The lowest BCUT2D eigenvalue weighted by Gasteiger charge is -2.18. The number of Topliss-reactive ketones (excluding diaryl/α,β-unsaturated/α-hetero) is 1. The van der Waals surface area contributed by atoms with Crippen LogP contribution in [0.1, 0.15) is 45.9 Å². The van der Waals surface area contributed by atoms with E-state index in [2.05, 4.69) is 23.8 Å². The summed E-state index contributed by atoms with van der Waals surface area (Å²) in [6, 6.07) is 19.6. The summed E-state index contributed by atoms with van der Waals surface area (Å²) < 4.78 is 1.82. The lowest BCUT2D eigenvalue weighted by molar-refractivity contribution is 0.0974. The summed E-state index contributed by atoms with van der Waals surface area (Å²) in [7, 11) is 1.92. The first-order valence-corrected chi connectivity index (χ1v) is 8.86. The molecule has 3 aromatic rings. The number of nitrogens with zero attached hydrogens (tertiary/aromatic N) is 2. The van der Waals surface area contributed by atoms with Crippen molar-refractivity contribution in [2.45, 2.75) is 25.7 Å². The molecule has 0 aliphatic rings. The maximum atomic E-state index is 12.8. The van der Waals surface area contributed by atoms with Gasteiger partial charge in [0.15, 0.2) is 5.78 Å². The maximum Gasteiger partial charge on any atom is 0.163 e. The largest absolute Gasteiger partial charge is 0.294 e. The molecule has 3 heteroatoms. The van der Waals surface area contributed by atoms with Crippen molar-refractivity contribution in [3.05, 3.63) is 95.8 Å². The van der Waals surface area contributed by atoms with Crippen molar-refractivity contribution in [3.63, 3.8) is 0 Å². The first-order chi connectivity index (χ1) is 12.5. The van der Waals surface area contributed by atoms with E-state index in [-0.39, 0.29) is 11.7 Å². The van der Waals surface area contributed by atoms with Crippen LogP contribution in [0.2, 0.25) is 0 Å². The van der Waals surface area contributed by atoms with E-state index in [1.165, 1.54) is 0 Å². The first-order valence-electron chi connectivity index (χ1n) is 8.86. The van der Waals surface area contributed by atoms with Gasteiger partial charge in [0.1, 0.15) is 0 Å². The van der Waals surface area contributed by atoms with Gasteiger partial charge in [-0.05, 0) is 36.0 Å². The highest BCUT2D eigenvalue weighted by Crippen LogP contribution is 2.33. The summed E-state index contributed by atoms with van der Waals surface area (Å²) >= 11 is 0. The van der Waals surface area contributed by atoms with Gasteiger partial charge >= 0.3 is 0 Å². The minimum atomic E-state index is 0.0594. The Kier molecular flexibility index (Phi) is 5.47. The molecule has 0 radical (unpaired) electrons. The van der Waals surface area contributed by atoms with E-state index >= 15 is 0 Å². The summed E-state index contributed by atoms with van der Waals surface area (Å²) in [5.74, 6) is 0.212. The van der Waals surface area contributed by atoms with Crippen LogP contribution in [0.15, 0.2) is 73.4 Å². The quantitative estimate of drug-likeness (QED) is 0.553. The second kappa shape index (κ2) is 7.96. The minimum absolute atomic E-state index is 0.0594. The van der Waals surface area contributed by atoms with Gasteiger partial charge in [0, 0.05) is 25.2 Å². The number of hydrogen-bond acceptors (Lipinski definition) is 2. The molecular formula is C23H24N2O. The molecule has 1 aromatic heterocycles. The third-order valence-electron chi connectivity index (χ3n) is 4.69. The zero-order valence-electron chi connectivity index (χ0n) is 15.4. The molecule has 2 aromatic carbocycles. The fourth-order valence-electron chi connectivity index (χ4n) is 3.37. The number of rotatable bonds is 7. The van der Waals surface area contributed by atoms with Gasteiger partial charge in [0.05, 0.1) is 5.69 Å². The molecule has 132 valence electrons. The van der Waals surface area contributed by atoms with E-state index in [0.29, 0.717) is 6.42 Å². The van der Waals surface area contributed by atoms with Crippen molar-refractivity contribution in [2.24, 2.45) is 7.05 Å². The Hall–Kier alpha value is -2.94. The molecule has 26 heavy (non-hydrogen) atoms. The highest BCUT2D eigenvalue weighted by Gasteiger charge is 2.22. The molecule has 1 atom stereocenters. The van der Waals surface area contributed by atoms with Crippen molar-refractivity contribution >= 4 is 11.4 Å². The van der Waals surface area contributed by atoms with Crippen molar-refractivity contribution in [3.8, 4) is 0 Å². The Morgan fingerprint density at radius 1 is 1.00 bits per heavy atom. The van der Waals surface area contributed by atoms with Crippen molar-refractivity contribution in [2.75, 3.05) is 0 Å². The average Bonchev–Trinajstić information content (AvgIpc) is 3.00. The second-order valence-corrected chi connectivity index (χ2v) is 6.71. The predicted octanol–water partition coefficient (Wildman–Crippen LogP) is 5.19. The fraction of sp³-hybridized carbons (Fsp3) is 0.217. The first kappa shape index (κ1) is 17.9. The van der Waals surface area contributed by atoms with Crippen LogP contribution in [0.5, 0.6) is 0 Å². The van der Waals surface area contributed by atoms with Crippen molar-refractivity contribution in [1.29, 1.82) is 0 Å². The summed E-state index contributed by atoms with van der Waals surface area (Å²) in [5.41, 5.74) is 5.00. The number of benzene rings is 2. The van der Waals surface area contributed by atoms with E-state index in [0.717, 1.165) is 34.4 Å². The van der Waals surface area contributed by atoms with Crippen LogP contribution >= 0.6 is 0 Å². The molecule has 0 saturated carbocycles. The van der Waals surface area contributed by atoms with Gasteiger partial charge in [-0.25, -0.2) is 0 Å². The number of hydrogen-bond donors (Lipinski definition) is 0. The standard InChI is InChI=1S/C23H24N2O/c1-17(19-10-6-4-7-11-19)14-21(22-16-25(3)24-18(22)2)15-23(26)20-12-8-5-9-13-20/h4-13,16,21H,1,14-15H2,2-3H3. The number of aryl methyl sites for hydroxylation is 2. The number of carbonyl (C=O) groups excluding carboxylic acids is 1. The topological polar surface area (TPSA) is 34.9 Å². The smallest absolute Gasteiger partial charge is 0.163 e. The monoisotopic (exact) mass is 344 g/mol. The van der Waals surface area contributed by atoms with Crippen LogP contribution < -0.4 is 0 Å². The van der Waals surface area contributed by atoms with Gasteiger partial charge in [-0.15, -0.1) is 0 Å². The van der Waals surface area contributed by atoms with Gasteiger partial charge in [0.25, 0.3) is 0 Å². The molecule has 0 aliphatic carbocycles. The molecule has 3 rings (SSSR count). The number of carbonyl (C=O) groups is 1. The molecule has 0 bridgehead atoms. The summed E-state index contributed by atoms with van der Waals surface area (Å²) in [6.07, 6.45) is 3.20. The van der Waals surface area contributed by atoms with Crippen molar-refractivity contribution < 1.29 is 4.79 Å². The van der Waals surface area contributed by atoms with Gasteiger partial charge < -0.3 is 0 Å². The van der Waals surface area contributed by atoms with E-state index in [9.17, 15) is 4.79 Å². The SMILES string of the molecule is C=C(CC(CC(=O)c1ccccc1)c1cn(C)nc1C)c1ccccc1.